The number of ketones is 1. The van der Waals surface area contributed by atoms with Crippen molar-refractivity contribution in [3.63, 3.8) is 0 Å². The Morgan fingerprint density at radius 1 is 1.33 bits per heavy atom. The van der Waals surface area contributed by atoms with Crippen LogP contribution in [0.4, 0.5) is 10.1 Å². The number of nitrogens with zero attached hydrogens (tertiary/aromatic N) is 1. The van der Waals surface area contributed by atoms with Crippen molar-refractivity contribution in [1.82, 2.24) is 0 Å². The lowest BCUT2D eigenvalue weighted by atomic mass is 10.1. The molecule has 0 atom stereocenters. The third kappa shape index (κ3) is 2.26. The van der Waals surface area contributed by atoms with Crippen molar-refractivity contribution in [2.45, 2.75) is 25.9 Å². The van der Waals surface area contributed by atoms with Crippen LogP contribution < -0.4 is 4.90 Å². The molecular formula is C13H14FNO3. The first-order chi connectivity index (χ1) is 8.29. The molecule has 1 aromatic carbocycles. The molecule has 0 saturated carbocycles. The molecule has 1 amide bonds. The second kappa shape index (κ2) is 4.17. The third-order valence-electron chi connectivity index (χ3n) is 2.88. The number of anilines is 1. The first-order valence-corrected chi connectivity index (χ1v) is 5.68. The van der Waals surface area contributed by atoms with Gasteiger partial charge < -0.3 is 10.0 Å². The summed E-state index contributed by atoms with van der Waals surface area (Å²) in [4.78, 5) is 24.7. The molecule has 0 radical (unpaired) electrons. The molecule has 0 aromatic heterocycles. The molecule has 4 nitrogen and oxygen atoms in total. The van der Waals surface area contributed by atoms with Gasteiger partial charge in [-0.3, -0.25) is 9.59 Å². The maximum atomic E-state index is 13.2. The van der Waals surface area contributed by atoms with Crippen molar-refractivity contribution in [3.8, 4) is 0 Å². The second-order valence-electron chi connectivity index (χ2n) is 5.01. The Labute approximate surface area is 104 Å². The van der Waals surface area contributed by atoms with E-state index in [0.29, 0.717) is 6.42 Å². The normalized spacial score (nSPS) is 15.2. The molecule has 2 rings (SSSR count). The summed E-state index contributed by atoms with van der Waals surface area (Å²) in [7, 11) is 0. The van der Waals surface area contributed by atoms with Crippen LogP contribution in [-0.4, -0.2) is 28.9 Å². The summed E-state index contributed by atoms with van der Waals surface area (Å²) in [6.07, 6.45) is 0.308. The number of aliphatic hydroxyl groups is 1. The lowest BCUT2D eigenvalue weighted by Gasteiger charge is -2.22. The van der Waals surface area contributed by atoms with Gasteiger partial charge in [0.2, 0.25) is 0 Å². The smallest absolute Gasteiger partial charge is 0.299 e. The van der Waals surface area contributed by atoms with Crippen LogP contribution in [-0.2, 0) is 4.79 Å². The predicted octanol–water partition coefficient (Wildman–Crippen LogP) is 1.52. The Balaban J connectivity index is 2.30. The quantitative estimate of drug-likeness (QED) is 0.828. The summed E-state index contributed by atoms with van der Waals surface area (Å²) in [6, 6.07) is 3.64. The number of carbonyl (C=O) groups is 2. The molecule has 5 heteroatoms. The van der Waals surface area contributed by atoms with Crippen molar-refractivity contribution in [2.75, 3.05) is 11.4 Å². The molecule has 1 aliphatic heterocycles. The molecule has 1 aromatic rings. The van der Waals surface area contributed by atoms with Gasteiger partial charge in [0.05, 0.1) is 16.9 Å². The highest BCUT2D eigenvalue weighted by Crippen LogP contribution is 2.30. The van der Waals surface area contributed by atoms with Crippen molar-refractivity contribution in [3.05, 3.63) is 29.6 Å². The largest absolute Gasteiger partial charge is 0.390 e. The predicted molar refractivity (Wildman–Crippen MR) is 64.0 cm³/mol. The van der Waals surface area contributed by atoms with E-state index < -0.39 is 23.1 Å². The highest BCUT2D eigenvalue weighted by Gasteiger charge is 2.36. The van der Waals surface area contributed by atoms with Crippen LogP contribution in [0, 0.1) is 5.82 Å². The summed E-state index contributed by atoms with van der Waals surface area (Å²) in [6.45, 7) is 3.41. The fourth-order valence-corrected chi connectivity index (χ4v) is 1.87. The first-order valence-electron chi connectivity index (χ1n) is 5.68. The first kappa shape index (κ1) is 12.7. The zero-order chi connectivity index (χ0) is 13.5. The summed E-state index contributed by atoms with van der Waals surface area (Å²) in [5.41, 5.74) is -0.439. The van der Waals surface area contributed by atoms with Crippen LogP contribution in [0.25, 0.3) is 0 Å². The van der Waals surface area contributed by atoms with E-state index in [0.717, 1.165) is 6.07 Å². The molecule has 0 aliphatic carbocycles. The average Bonchev–Trinajstić information content (AvgIpc) is 2.48. The van der Waals surface area contributed by atoms with Gasteiger partial charge >= 0.3 is 0 Å². The van der Waals surface area contributed by atoms with Crippen LogP contribution in [0.3, 0.4) is 0 Å². The molecule has 1 aliphatic rings. The third-order valence-corrected chi connectivity index (χ3v) is 2.88. The fraction of sp³-hybridized carbons (Fsp3) is 0.385. The number of fused-ring (bicyclic) bond motifs is 1. The molecule has 1 heterocycles. The van der Waals surface area contributed by atoms with Gasteiger partial charge in [0.25, 0.3) is 11.7 Å². The minimum absolute atomic E-state index is 0.185. The number of carbonyl (C=O) groups excluding carboxylic acids is 2. The number of Topliss-reactive ketones (excluding diaryl/α,β-unsaturated/α-hetero) is 1. The van der Waals surface area contributed by atoms with Gasteiger partial charge in [-0.05, 0) is 38.5 Å². The standard InChI is InChI=1S/C13H14FNO3/c1-13(2,18)5-6-15-10-7-8(14)3-4-9(10)11(16)12(15)17/h3-4,7,18H,5-6H2,1-2H3. The zero-order valence-electron chi connectivity index (χ0n) is 10.2. The van der Waals surface area contributed by atoms with Gasteiger partial charge in [-0.1, -0.05) is 0 Å². The van der Waals surface area contributed by atoms with E-state index in [2.05, 4.69) is 0 Å². The highest BCUT2D eigenvalue weighted by molar-refractivity contribution is 6.52. The Morgan fingerprint density at radius 2 is 2.00 bits per heavy atom. The SMILES string of the molecule is CC(C)(O)CCN1C(=O)C(=O)c2ccc(F)cc21. The van der Waals surface area contributed by atoms with Gasteiger partial charge in [0, 0.05) is 6.54 Å². The Morgan fingerprint density at radius 3 is 2.61 bits per heavy atom. The summed E-state index contributed by atoms with van der Waals surface area (Å²) >= 11 is 0. The highest BCUT2D eigenvalue weighted by atomic mass is 19.1. The van der Waals surface area contributed by atoms with Gasteiger partial charge in [-0.15, -0.1) is 0 Å². The van der Waals surface area contributed by atoms with Crippen molar-refractivity contribution < 1.29 is 19.1 Å². The number of hydrogen-bond donors (Lipinski definition) is 1. The van der Waals surface area contributed by atoms with E-state index in [9.17, 15) is 19.1 Å². The molecule has 18 heavy (non-hydrogen) atoms. The monoisotopic (exact) mass is 251 g/mol. The van der Waals surface area contributed by atoms with Gasteiger partial charge in [-0.2, -0.15) is 0 Å². The maximum Gasteiger partial charge on any atom is 0.299 e. The topological polar surface area (TPSA) is 57.6 Å². The molecule has 0 bridgehead atoms. The van der Waals surface area contributed by atoms with Crippen LogP contribution in [0.2, 0.25) is 0 Å². The second-order valence-corrected chi connectivity index (χ2v) is 5.01. The molecule has 0 fully saturated rings. The minimum atomic E-state index is -0.945. The molecule has 96 valence electrons. The Kier molecular flexibility index (Phi) is 2.94. The van der Waals surface area contributed by atoms with Crippen LogP contribution in [0.1, 0.15) is 30.6 Å². The van der Waals surface area contributed by atoms with Gasteiger partial charge in [-0.25, -0.2) is 4.39 Å². The number of halogens is 1. The van der Waals surface area contributed by atoms with Gasteiger partial charge in [0.15, 0.2) is 0 Å². The van der Waals surface area contributed by atoms with E-state index in [1.54, 1.807) is 13.8 Å². The van der Waals surface area contributed by atoms with Crippen molar-refractivity contribution in [2.24, 2.45) is 0 Å². The maximum absolute atomic E-state index is 13.2. The zero-order valence-corrected chi connectivity index (χ0v) is 10.2. The lowest BCUT2D eigenvalue weighted by Crippen LogP contribution is -2.34. The summed E-state index contributed by atoms with van der Waals surface area (Å²) in [5, 5.41) is 9.64. The van der Waals surface area contributed by atoms with E-state index in [1.165, 1.54) is 17.0 Å². The van der Waals surface area contributed by atoms with E-state index >= 15 is 0 Å². The van der Waals surface area contributed by atoms with E-state index in [4.69, 9.17) is 0 Å². The molecular weight excluding hydrogens is 237 g/mol. The molecule has 0 unspecified atom stereocenters. The van der Waals surface area contributed by atoms with Crippen molar-refractivity contribution in [1.29, 1.82) is 0 Å². The molecule has 0 spiro atoms. The number of rotatable bonds is 3. The van der Waals surface area contributed by atoms with E-state index in [-0.39, 0.29) is 17.8 Å². The average molecular weight is 251 g/mol. The minimum Gasteiger partial charge on any atom is -0.390 e. The van der Waals surface area contributed by atoms with Crippen LogP contribution >= 0.6 is 0 Å². The summed E-state index contributed by atoms with van der Waals surface area (Å²) in [5.74, 6) is -1.79. The number of benzene rings is 1. The lowest BCUT2D eigenvalue weighted by molar-refractivity contribution is -0.114. The number of amides is 1. The van der Waals surface area contributed by atoms with Gasteiger partial charge in [0.1, 0.15) is 5.82 Å². The fourth-order valence-electron chi connectivity index (χ4n) is 1.87. The molecule has 1 N–H and O–H groups in total. The van der Waals surface area contributed by atoms with Crippen molar-refractivity contribution >= 4 is 17.4 Å². The van der Waals surface area contributed by atoms with E-state index in [1.807, 2.05) is 0 Å². The molecule has 0 saturated heterocycles. The Bertz CT molecular complexity index is 519. The van der Waals surface area contributed by atoms with Crippen LogP contribution in [0.15, 0.2) is 18.2 Å². The number of hydrogen-bond acceptors (Lipinski definition) is 3. The van der Waals surface area contributed by atoms with Crippen LogP contribution in [0.5, 0.6) is 0 Å². The summed E-state index contributed by atoms with van der Waals surface area (Å²) < 4.78 is 13.2. The Hall–Kier alpha value is -1.75.